The Hall–Kier alpha value is 0.880. The van der Waals surface area contributed by atoms with E-state index in [1.54, 1.807) is 0 Å². The average molecular weight is 316 g/mol. The van der Waals surface area contributed by atoms with Crippen molar-refractivity contribution in [3.63, 3.8) is 0 Å². The molecular formula is C9H16Br2O2. The number of ether oxygens (including phenoxy) is 2. The number of hydrogen-bond acceptors (Lipinski definition) is 2. The van der Waals surface area contributed by atoms with E-state index < -0.39 is 0 Å². The van der Waals surface area contributed by atoms with Gasteiger partial charge in [-0.15, -0.1) is 0 Å². The monoisotopic (exact) mass is 314 g/mol. The number of halogens is 2. The van der Waals surface area contributed by atoms with Crippen LogP contribution in [0.1, 0.15) is 26.7 Å². The maximum atomic E-state index is 5.90. The van der Waals surface area contributed by atoms with Crippen LogP contribution in [0.3, 0.4) is 0 Å². The molecule has 0 aromatic heterocycles. The first-order valence-electron chi connectivity index (χ1n) is 4.69. The predicted octanol–water partition coefficient (Wildman–Crippen LogP) is 3.08. The van der Waals surface area contributed by atoms with Gasteiger partial charge in [0.1, 0.15) is 0 Å². The Morgan fingerprint density at radius 1 is 1.00 bits per heavy atom. The third kappa shape index (κ3) is 2.46. The predicted molar refractivity (Wildman–Crippen MR) is 60.6 cm³/mol. The van der Waals surface area contributed by atoms with Gasteiger partial charge in [-0.05, 0) is 12.8 Å². The lowest BCUT2D eigenvalue weighted by Crippen LogP contribution is -2.29. The fourth-order valence-electron chi connectivity index (χ4n) is 1.58. The number of rotatable bonds is 4. The Kier molecular flexibility index (Phi) is 4.69. The van der Waals surface area contributed by atoms with Gasteiger partial charge in [0.2, 0.25) is 0 Å². The van der Waals surface area contributed by atoms with Crippen LogP contribution in [-0.4, -0.2) is 28.7 Å². The summed E-state index contributed by atoms with van der Waals surface area (Å²) >= 11 is 6.88. The summed E-state index contributed by atoms with van der Waals surface area (Å²) < 4.78 is 11.8. The van der Waals surface area contributed by atoms with Crippen LogP contribution in [0.15, 0.2) is 0 Å². The van der Waals surface area contributed by atoms with Crippen LogP contribution in [0.5, 0.6) is 0 Å². The lowest BCUT2D eigenvalue weighted by Gasteiger charge is -2.24. The molecule has 4 heteroatoms. The maximum absolute atomic E-state index is 5.90. The van der Waals surface area contributed by atoms with E-state index in [2.05, 4.69) is 45.7 Å². The molecule has 0 N–H and O–H groups in total. The van der Waals surface area contributed by atoms with Gasteiger partial charge in [0, 0.05) is 10.7 Å². The summed E-state index contributed by atoms with van der Waals surface area (Å²) in [6.07, 6.45) is 2.19. The summed E-state index contributed by atoms with van der Waals surface area (Å²) in [5, 5.41) is 1.68. The highest BCUT2D eigenvalue weighted by Gasteiger charge is 2.44. The molecule has 0 aromatic carbocycles. The molecule has 1 aliphatic rings. The van der Waals surface area contributed by atoms with Gasteiger partial charge < -0.3 is 9.47 Å². The molecule has 0 bridgehead atoms. The summed E-state index contributed by atoms with van der Waals surface area (Å²) in [7, 11) is 0. The molecule has 2 nitrogen and oxygen atoms in total. The second kappa shape index (κ2) is 5.10. The van der Waals surface area contributed by atoms with Crippen molar-refractivity contribution in [2.45, 2.75) is 44.7 Å². The lowest BCUT2D eigenvalue weighted by molar-refractivity contribution is -0.175. The van der Waals surface area contributed by atoms with Crippen LogP contribution >= 0.6 is 31.9 Å². The lowest BCUT2D eigenvalue weighted by atomic mass is 10.1. The fraction of sp³-hybridized carbons (Fsp3) is 1.00. The van der Waals surface area contributed by atoms with E-state index in [9.17, 15) is 0 Å². The van der Waals surface area contributed by atoms with Gasteiger partial charge in [-0.25, -0.2) is 0 Å². The molecule has 1 saturated heterocycles. The standard InChI is InChI=1S/C9H16Br2O2/c1-3-9(4-2)12-7(5-10)8(6-11)13-9/h7-8H,3-6H2,1-2H3. The van der Waals surface area contributed by atoms with Crippen molar-refractivity contribution in [2.75, 3.05) is 10.7 Å². The van der Waals surface area contributed by atoms with Gasteiger partial charge in [0.25, 0.3) is 0 Å². The quantitative estimate of drug-likeness (QED) is 0.742. The SMILES string of the molecule is CCC1(CC)OC(CBr)C(CBr)O1. The van der Waals surface area contributed by atoms with Crippen molar-refractivity contribution in [2.24, 2.45) is 0 Å². The summed E-state index contributed by atoms with van der Waals surface area (Å²) in [4.78, 5) is 0. The topological polar surface area (TPSA) is 18.5 Å². The average Bonchev–Trinajstić information content (AvgIpc) is 2.57. The summed E-state index contributed by atoms with van der Waals surface area (Å²) in [5.74, 6) is -0.336. The van der Waals surface area contributed by atoms with Gasteiger partial charge >= 0.3 is 0 Å². The Labute approximate surface area is 96.6 Å². The van der Waals surface area contributed by atoms with Crippen molar-refractivity contribution in [3.05, 3.63) is 0 Å². The van der Waals surface area contributed by atoms with Crippen molar-refractivity contribution >= 4 is 31.9 Å². The molecule has 2 unspecified atom stereocenters. The number of alkyl halides is 2. The summed E-state index contributed by atoms with van der Waals surface area (Å²) in [6, 6.07) is 0. The molecule has 0 spiro atoms. The molecule has 0 aromatic rings. The first kappa shape index (κ1) is 12.0. The molecular weight excluding hydrogens is 300 g/mol. The third-order valence-electron chi connectivity index (χ3n) is 2.53. The first-order valence-corrected chi connectivity index (χ1v) is 6.93. The van der Waals surface area contributed by atoms with Crippen molar-refractivity contribution in [1.82, 2.24) is 0 Å². The van der Waals surface area contributed by atoms with E-state index >= 15 is 0 Å². The molecule has 1 rings (SSSR count). The van der Waals surface area contributed by atoms with Crippen molar-refractivity contribution in [3.8, 4) is 0 Å². The third-order valence-corrected chi connectivity index (χ3v) is 3.80. The van der Waals surface area contributed by atoms with E-state index in [4.69, 9.17) is 9.47 Å². The van der Waals surface area contributed by atoms with Crippen LogP contribution in [0.4, 0.5) is 0 Å². The zero-order chi connectivity index (χ0) is 9.90. The minimum Gasteiger partial charge on any atom is -0.343 e. The largest absolute Gasteiger partial charge is 0.343 e. The van der Waals surface area contributed by atoms with Crippen LogP contribution in [0, 0.1) is 0 Å². The molecule has 0 radical (unpaired) electrons. The highest BCUT2D eigenvalue weighted by molar-refractivity contribution is 9.09. The normalized spacial score (nSPS) is 32.3. The smallest absolute Gasteiger partial charge is 0.168 e. The van der Waals surface area contributed by atoms with E-state index in [1.165, 1.54) is 0 Å². The fourth-order valence-corrected chi connectivity index (χ4v) is 2.67. The van der Waals surface area contributed by atoms with E-state index in [1.807, 2.05) is 0 Å². The van der Waals surface area contributed by atoms with E-state index in [0.29, 0.717) is 0 Å². The van der Waals surface area contributed by atoms with Gasteiger partial charge in [-0.1, -0.05) is 45.7 Å². The zero-order valence-electron chi connectivity index (χ0n) is 8.06. The van der Waals surface area contributed by atoms with Crippen molar-refractivity contribution < 1.29 is 9.47 Å². The molecule has 2 atom stereocenters. The minimum atomic E-state index is -0.336. The van der Waals surface area contributed by atoms with Gasteiger partial charge in [-0.3, -0.25) is 0 Å². The number of hydrogen-bond donors (Lipinski definition) is 0. The van der Waals surface area contributed by atoms with Crippen molar-refractivity contribution in [1.29, 1.82) is 0 Å². The van der Waals surface area contributed by atoms with Gasteiger partial charge in [0.15, 0.2) is 5.79 Å². The Morgan fingerprint density at radius 2 is 1.38 bits per heavy atom. The van der Waals surface area contributed by atoms with E-state index in [-0.39, 0.29) is 18.0 Å². The molecule has 0 aliphatic carbocycles. The Morgan fingerprint density at radius 3 is 1.62 bits per heavy atom. The highest BCUT2D eigenvalue weighted by atomic mass is 79.9. The van der Waals surface area contributed by atoms with Crippen LogP contribution in [0.2, 0.25) is 0 Å². The second-order valence-electron chi connectivity index (χ2n) is 3.24. The first-order chi connectivity index (χ1) is 6.21. The summed E-state index contributed by atoms with van der Waals surface area (Å²) in [5.41, 5.74) is 0. The molecule has 0 amide bonds. The van der Waals surface area contributed by atoms with Crippen LogP contribution in [0.25, 0.3) is 0 Å². The van der Waals surface area contributed by atoms with E-state index in [0.717, 1.165) is 23.5 Å². The molecule has 78 valence electrons. The summed E-state index contributed by atoms with van der Waals surface area (Å²) in [6.45, 7) is 4.21. The zero-order valence-corrected chi connectivity index (χ0v) is 11.2. The molecule has 1 fully saturated rings. The van der Waals surface area contributed by atoms with Crippen LogP contribution in [-0.2, 0) is 9.47 Å². The molecule has 1 heterocycles. The van der Waals surface area contributed by atoms with Gasteiger partial charge in [-0.2, -0.15) is 0 Å². The molecule has 1 aliphatic heterocycles. The maximum Gasteiger partial charge on any atom is 0.168 e. The molecule has 13 heavy (non-hydrogen) atoms. The minimum absolute atomic E-state index is 0.180. The Balaban J connectivity index is 2.65. The van der Waals surface area contributed by atoms with Gasteiger partial charge in [0.05, 0.1) is 12.2 Å². The van der Waals surface area contributed by atoms with Crippen LogP contribution < -0.4 is 0 Å². The highest BCUT2D eigenvalue weighted by Crippen LogP contribution is 2.35. The molecule has 0 saturated carbocycles. The Bertz CT molecular complexity index is 146. The second-order valence-corrected chi connectivity index (χ2v) is 4.53.